The van der Waals surface area contributed by atoms with Crippen LogP contribution < -0.4 is 4.74 Å². The summed E-state index contributed by atoms with van der Waals surface area (Å²) < 4.78 is 5.55. The normalized spacial score (nSPS) is 12.7. The maximum Gasteiger partial charge on any atom is 0.218 e. The lowest BCUT2D eigenvalue weighted by Crippen LogP contribution is -2.11. The lowest BCUT2D eigenvalue weighted by Gasteiger charge is -2.19. The third-order valence-electron chi connectivity index (χ3n) is 2.27. The van der Waals surface area contributed by atoms with Gasteiger partial charge in [0.15, 0.2) is 0 Å². The van der Waals surface area contributed by atoms with Crippen LogP contribution in [0.25, 0.3) is 0 Å². The van der Waals surface area contributed by atoms with E-state index in [4.69, 9.17) is 4.74 Å². The second-order valence-corrected chi connectivity index (χ2v) is 4.63. The van der Waals surface area contributed by atoms with E-state index in [0.717, 1.165) is 5.76 Å². The fourth-order valence-electron chi connectivity index (χ4n) is 1.16. The van der Waals surface area contributed by atoms with Gasteiger partial charge in [-0.25, -0.2) is 4.98 Å². The van der Waals surface area contributed by atoms with E-state index in [1.54, 1.807) is 6.20 Å². The van der Waals surface area contributed by atoms with Crippen LogP contribution >= 0.6 is 0 Å². The average Bonchev–Trinajstić information content (AvgIpc) is 2.17. The van der Waals surface area contributed by atoms with Crippen LogP contribution in [-0.4, -0.2) is 4.98 Å². The zero-order chi connectivity index (χ0) is 11.5. The minimum atomic E-state index is 0.130. The standard InChI is InChI=1S/C13H19NO/c1-6-10(2)15-12-9-11(7-8-14-12)13(3,4)5/h6-9H,1-5H3. The molecule has 0 bridgehead atoms. The smallest absolute Gasteiger partial charge is 0.218 e. The maximum absolute atomic E-state index is 5.55. The minimum Gasteiger partial charge on any atom is -0.444 e. The Balaban J connectivity index is 2.93. The molecule has 0 aliphatic heterocycles. The molecule has 1 heterocycles. The van der Waals surface area contributed by atoms with Crippen LogP contribution in [0.5, 0.6) is 5.88 Å². The van der Waals surface area contributed by atoms with Gasteiger partial charge in [-0.15, -0.1) is 0 Å². The van der Waals surface area contributed by atoms with Gasteiger partial charge < -0.3 is 4.74 Å². The van der Waals surface area contributed by atoms with Crippen LogP contribution in [0.1, 0.15) is 40.2 Å². The van der Waals surface area contributed by atoms with E-state index in [2.05, 4.69) is 25.8 Å². The number of pyridine rings is 1. The molecule has 1 aromatic rings. The molecule has 0 N–H and O–H groups in total. The molecule has 0 saturated carbocycles. The van der Waals surface area contributed by atoms with Crippen molar-refractivity contribution in [2.24, 2.45) is 0 Å². The van der Waals surface area contributed by atoms with E-state index < -0.39 is 0 Å². The summed E-state index contributed by atoms with van der Waals surface area (Å²) in [4.78, 5) is 4.18. The Morgan fingerprint density at radius 2 is 2.07 bits per heavy atom. The molecule has 0 aliphatic carbocycles. The summed E-state index contributed by atoms with van der Waals surface area (Å²) in [5.41, 5.74) is 1.36. The molecule has 82 valence electrons. The quantitative estimate of drug-likeness (QED) is 0.687. The Kier molecular flexibility index (Phi) is 3.51. The van der Waals surface area contributed by atoms with Gasteiger partial charge in [-0.1, -0.05) is 20.8 Å². The van der Waals surface area contributed by atoms with Gasteiger partial charge in [-0.05, 0) is 37.0 Å². The fourth-order valence-corrected chi connectivity index (χ4v) is 1.16. The van der Waals surface area contributed by atoms with Crippen molar-refractivity contribution in [2.75, 3.05) is 0 Å². The van der Waals surface area contributed by atoms with E-state index >= 15 is 0 Å². The number of hydrogen-bond donors (Lipinski definition) is 0. The summed E-state index contributed by atoms with van der Waals surface area (Å²) in [5.74, 6) is 1.53. The van der Waals surface area contributed by atoms with Gasteiger partial charge in [-0.2, -0.15) is 0 Å². The topological polar surface area (TPSA) is 22.1 Å². The van der Waals surface area contributed by atoms with Crippen molar-refractivity contribution < 1.29 is 4.74 Å². The molecule has 0 amide bonds. The monoisotopic (exact) mass is 205 g/mol. The molecule has 0 radical (unpaired) electrons. The third-order valence-corrected chi connectivity index (χ3v) is 2.27. The zero-order valence-corrected chi connectivity index (χ0v) is 10.2. The van der Waals surface area contributed by atoms with E-state index in [-0.39, 0.29) is 5.41 Å². The largest absolute Gasteiger partial charge is 0.444 e. The van der Waals surface area contributed by atoms with E-state index in [1.165, 1.54) is 5.56 Å². The van der Waals surface area contributed by atoms with Gasteiger partial charge in [0.1, 0.15) is 0 Å². The lowest BCUT2D eigenvalue weighted by molar-refractivity contribution is 0.407. The van der Waals surface area contributed by atoms with Gasteiger partial charge >= 0.3 is 0 Å². The highest BCUT2D eigenvalue weighted by atomic mass is 16.5. The van der Waals surface area contributed by atoms with E-state index in [9.17, 15) is 0 Å². The van der Waals surface area contributed by atoms with Gasteiger partial charge in [0.2, 0.25) is 5.88 Å². The molecule has 1 aromatic heterocycles. The Bertz CT molecular complexity index is 361. The molecule has 2 nitrogen and oxygen atoms in total. The van der Waals surface area contributed by atoms with Crippen LogP contribution in [0.2, 0.25) is 0 Å². The highest BCUT2D eigenvalue weighted by Gasteiger charge is 2.14. The summed E-state index contributed by atoms with van der Waals surface area (Å²) in [6.07, 6.45) is 3.71. The summed E-state index contributed by atoms with van der Waals surface area (Å²) in [5, 5.41) is 0. The number of aromatic nitrogens is 1. The first-order valence-corrected chi connectivity index (χ1v) is 5.21. The second-order valence-electron chi connectivity index (χ2n) is 4.63. The van der Waals surface area contributed by atoms with Crippen molar-refractivity contribution in [1.82, 2.24) is 4.98 Å². The SMILES string of the molecule is CC=C(C)Oc1cc(C(C)(C)C)ccn1. The summed E-state index contributed by atoms with van der Waals surface area (Å²) in [6, 6.07) is 4.02. The third kappa shape index (κ3) is 3.39. The molecule has 0 atom stereocenters. The molecule has 0 aromatic carbocycles. The summed E-state index contributed by atoms with van der Waals surface area (Å²) in [6.45, 7) is 10.4. The molecule has 0 fully saturated rings. The highest BCUT2D eigenvalue weighted by molar-refractivity contribution is 5.27. The number of hydrogen-bond acceptors (Lipinski definition) is 2. The van der Waals surface area contributed by atoms with Gasteiger partial charge in [0.25, 0.3) is 0 Å². The number of ether oxygens (including phenoxy) is 1. The van der Waals surface area contributed by atoms with Gasteiger partial charge in [0.05, 0.1) is 5.76 Å². The Morgan fingerprint density at radius 1 is 1.40 bits per heavy atom. The molecule has 1 rings (SSSR count). The maximum atomic E-state index is 5.55. The average molecular weight is 205 g/mol. The van der Waals surface area contributed by atoms with Gasteiger partial charge in [-0.3, -0.25) is 0 Å². The first-order valence-electron chi connectivity index (χ1n) is 5.21. The van der Waals surface area contributed by atoms with Crippen LogP contribution in [0.3, 0.4) is 0 Å². The van der Waals surface area contributed by atoms with Crippen molar-refractivity contribution in [3.8, 4) is 5.88 Å². The predicted molar refractivity (Wildman–Crippen MR) is 63.0 cm³/mol. The molecular weight excluding hydrogens is 186 g/mol. The fraction of sp³-hybridized carbons (Fsp3) is 0.462. The molecule has 15 heavy (non-hydrogen) atoms. The number of allylic oxidation sites excluding steroid dienone is 2. The van der Waals surface area contributed by atoms with Crippen LogP contribution in [-0.2, 0) is 5.41 Å². The van der Waals surface area contributed by atoms with Crippen molar-refractivity contribution in [2.45, 2.75) is 40.0 Å². The molecule has 0 spiro atoms. The van der Waals surface area contributed by atoms with Crippen molar-refractivity contribution in [1.29, 1.82) is 0 Å². The zero-order valence-electron chi connectivity index (χ0n) is 10.2. The van der Waals surface area contributed by atoms with Crippen molar-refractivity contribution in [3.63, 3.8) is 0 Å². The van der Waals surface area contributed by atoms with Crippen LogP contribution in [0.15, 0.2) is 30.2 Å². The summed E-state index contributed by atoms with van der Waals surface area (Å²) >= 11 is 0. The summed E-state index contributed by atoms with van der Waals surface area (Å²) in [7, 11) is 0. The minimum absolute atomic E-state index is 0.130. The molecule has 0 unspecified atom stereocenters. The van der Waals surface area contributed by atoms with Crippen molar-refractivity contribution >= 4 is 0 Å². The molecule has 0 aliphatic rings. The van der Waals surface area contributed by atoms with Crippen molar-refractivity contribution in [3.05, 3.63) is 35.7 Å². The van der Waals surface area contributed by atoms with E-state index in [1.807, 2.05) is 32.1 Å². The van der Waals surface area contributed by atoms with Crippen LogP contribution in [0.4, 0.5) is 0 Å². The highest BCUT2D eigenvalue weighted by Crippen LogP contribution is 2.24. The second kappa shape index (κ2) is 4.47. The van der Waals surface area contributed by atoms with E-state index in [0.29, 0.717) is 5.88 Å². The van der Waals surface area contributed by atoms with Gasteiger partial charge in [0, 0.05) is 12.3 Å². The number of rotatable bonds is 2. The molecule has 0 saturated heterocycles. The predicted octanol–water partition coefficient (Wildman–Crippen LogP) is 3.68. The van der Waals surface area contributed by atoms with Crippen LogP contribution in [0, 0.1) is 0 Å². The Labute approximate surface area is 92.0 Å². The molecular formula is C13H19NO. The number of nitrogens with zero attached hydrogens (tertiary/aromatic N) is 1. The Hall–Kier alpha value is -1.31. The lowest BCUT2D eigenvalue weighted by atomic mass is 9.88. The molecule has 2 heteroatoms. The first-order chi connectivity index (χ1) is 6.93. The Morgan fingerprint density at radius 3 is 2.60 bits per heavy atom. The first kappa shape index (κ1) is 11.8.